The van der Waals surface area contributed by atoms with Crippen molar-refractivity contribution in [1.29, 1.82) is 0 Å². The van der Waals surface area contributed by atoms with Crippen LogP contribution >= 0.6 is 23.2 Å². The summed E-state index contributed by atoms with van der Waals surface area (Å²) in [5.74, 6) is 0.318. The van der Waals surface area contributed by atoms with Crippen LogP contribution in [-0.4, -0.2) is 13.0 Å². The van der Waals surface area contributed by atoms with Crippen LogP contribution in [0.4, 0.5) is 5.69 Å². The van der Waals surface area contributed by atoms with Gasteiger partial charge in [-0.2, -0.15) is 0 Å². The Bertz CT molecular complexity index is 316. The number of nitrogens with one attached hydrogen (secondary N) is 1. The van der Waals surface area contributed by atoms with Gasteiger partial charge in [0.05, 0.1) is 0 Å². The Morgan fingerprint density at radius 1 is 1.31 bits per heavy atom. The average molecular weight is 218 g/mol. The highest BCUT2D eigenvalue weighted by molar-refractivity contribution is 6.35. The Balaban J connectivity index is 2.89. The minimum absolute atomic E-state index is 0.318. The van der Waals surface area contributed by atoms with Gasteiger partial charge in [0.2, 0.25) is 0 Å². The van der Waals surface area contributed by atoms with Crippen molar-refractivity contribution in [3.8, 4) is 0 Å². The van der Waals surface area contributed by atoms with Crippen LogP contribution in [0.3, 0.4) is 0 Å². The second-order valence-electron chi connectivity index (χ2n) is 2.39. The molecule has 0 aliphatic carbocycles. The van der Waals surface area contributed by atoms with Crippen LogP contribution in [0, 0.1) is 0 Å². The zero-order valence-electron chi connectivity index (χ0n) is 7.01. The highest BCUT2D eigenvalue weighted by Crippen LogP contribution is 2.22. The van der Waals surface area contributed by atoms with Crippen LogP contribution < -0.4 is 11.1 Å². The lowest BCUT2D eigenvalue weighted by Gasteiger charge is -2.05. The summed E-state index contributed by atoms with van der Waals surface area (Å²) in [5.41, 5.74) is 6.18. The maximum atomic E-state index is 5.77. The highest BCUT2D eigenvalue weighted by atomic mass is 35.5. The third-order valence-corrected chi connectivity index (χ3v) is 1.81. The summed E-state index contributed by atoms with van der Waals surface area (Å²) in [6, 6.07) is 5.07. The van der Waals surface area contributed by atoms with Crippen LogP contribution in [-0.2, 0) is 0 Å². The third-order valence-electron chi connectivity index (χ3n) is 1.38. The Morgan fingerprint density at radius 3 is 2.31 bits per heavy atom. The van der Waals surface area contributed by atoms with Gasteiger partial charge in [-0.05, 0) is 18.2 Å². The molecule has 0 amide bonds. The summed E-state index contributed by atoms with van der Waals surface area (Å²) in [7, 11) is 1.59. The van der Waals surface area contributed by atoms with Gasteiger partial charge in [-0.25, -0.2) is 0 Å². The molecule has 0 unspecified atom stereocenters. The molecule has 0 spiro atoms. The molecule has 0 fully saturated rings. The van der Waals surface area contributed by atoms with Gasteiger partial charge >= 0.3 is 0 Å². The standard InChI is InChI=1S/C8H9Cl2N3/c1-12-8(11)13-7-3-5(9)2-6(10)4-7/h2-4H,1H3,(H3,11,12,13). The summed E-state index contributed by atoms with van der Waals surface area (Å²) in [4.78, 5) is 3.74. The number of nitrogens with two attached hydrogens (primary N) is 1. The monoisotopic (exact) mass is 217 g/mol. The molecule has 3 N–H and O–H groups in total. The van der Waals surface area contributed by atoms with E-state index in [0.717, 1.165) is 5.69 Å². The van der Waals surface area contributed by atoms with Crippen LogP contribution in [0.15, 0.2) is 23.2 Å². The van der Waals surface area contributed by atoms with Crippen molar-refractivity contribution >= 4 is 34.8 Å². The van der Waals surface area contributed by atoms with E-state index < -0.39 is 0 Å². The number of nitrogens with zero attached hydrogens (tertiary/aromatic N) is 1. The van der Waals surface area contributed by atoms with Crippen molar-refractivity contribution in [2.24, 2.45) is 10.7 Å². The van der Waals surface area contributed by atoms with Gasteiger partial charge in [0.1, 0.15) is 0 Å². The number of aliphatic imine (C=N–C) groups is 1. The van der Waals surface area contributed by atoms with Crippen molar-refractivity contribution in [2.75, 3.05) is 12.4 Å². The quantitative estimate of drug-likeness (QED) is 0.561. The molecule has 5 heteroatoms. The van der Waals surface area contributed by atoms with Crippen molar-refractivity contribution in [3.05, 3.63) is 28.2 Å². The molecular weight excluding hydrogens is 209 g/mol. The topological polar surface area (TPSA) is 50.4 Å². The number of hydrogen-bond donors (Lipinski definition) is 2. The van der Waals surface area contributed by atoms with Crippen molar-refractivity contribution in [1.82, 2.24) is 0 Å². The molecule has 0 aromatic heterocycles. The predicted octanol–water partition coefficient (Wildman–Crippen LogP) is 2.35. The Hall–Kier alpha value is -0.930. The smallest absolute Gasteiger partial charge is 0.192 e. The van der Waals surface area contributed by atoms with E-state index in [9.17, 15) is 0 Å². The molecule has 1 rings (SSSR count). The number of rotatable bonds is 1. The van der Waals surface area contributed by atoms with Gasteiger partial charge in [0, 0.05) is 22.8 Å². The van der Waals surface area contributed by atoms with E-state index >= 15 is 0 Å². The Morgan fingerprint density at radius 2 is 1.85 bits per heavy atom. The van der Waals surface area contributed by atoms with Gasteiger partial charge in [-0.3, -0.25) is 4.99 Å². The SMILES string of the molecule is CN=C(N)Nc1cc(Cl)cc(Cl)c1. The largest absolute Gasteiger partial charge is 0.370 e. The summed E-state index contributed by atoms with van der Waals surface area (Å²) >= 11 is 11.5. The first kappa shape index (κ1) is 10.2. The maximum absolute atomic E-state index is 5.77. The van der Waals surface area contributed by atoms with Crippen LogP contribution in [0.2, 0.25) is 10.0 Å². The van der Waals surface area contributed by atoms with Gasteiger partial charge in [-0.15, -0.1) is 0 Å². The van der Waals surface area contributed by atoms with E-state index in [2.05, 4.69) is 10.3 Å². The van der Waals surface area contributed by atoms with Crippen molar-refractivity contribution in [2.45, 2.75) is 0 Å². The second kappa shape index (κ2) is 4.35. The van der Waals surface area contributed by atoms with Crippen LogP contribution in [0.5, 0.6) is 0 Å². The third kappa shape index (κ3) is 3.13. The summed E-state index contributed by atoms with van der Waals surface area (Å²) in [6.45, 7) is 0. The average Bonchev–Trinajstić information content (AvgIpc) is 2.02. The molecule has 0 radical (unpaired) electrons. The van der Waals surface area contributed by atoms with Crippen LogP contribution in [0.25, 0.3) is 0 Å². The van der Waals surface area contributed by atoms with Gasteiger partial charge in [-0.1, -0.05) is 23.2 Å². The molecule has 0 aliphatic heterocycles. The lowest BCUT2D eigenvalue weighted by Crippen LogP contribution is -2.21. The number of halogens is 2. The van der Waals surface area contributed by atoms with E-state index in [-0.39, 0.29) is 0 Å². The normalized spacial score (nSPS) is 11.5. The number of hydrogen-bond acceptors (Lipinski definition) is 1. The highest BCUT2D eigenvalue weighted by Gasteiger charge is 1.98. The lowest BCUT2D eigenvalue weighted by molar-refractivity contribution is 1.38. The van der Waals surface area contributed by atoms with E-state index in [4.69, 9.17) is 28.9 Å². The molecule has 1 aromatic carbocycles. The second-order valence-corrected chi connectivity index (χ2v) is 3.26. The molecule has 0 bridgehead atoms. The predicted molar refractivity (Wildman–Crippen MR) is 57.6 cm³/mol. The van der Waals surface area contributed by atoms with E-state index in [1.54, 1.807) is 25.2 Å². The first-order valence-electron chi connectivity index (χ1n) is 3.57. The molecule has 0 saturated carbocycles. The molecule has 70 valence electrons. The summed E-state index contributed by atoms with van der Waals surface area (Å²) < 4.78 is 0. The van der Waals surface area contributed by atoms with Gasteiger partial charge in [0.15, 0.2) is 5.96 Å². The zero-order valence-corrected chi connectivity index (χ0v) is 8.52. The first-order valence-corrected chi connectivity index (χ1v) is 4.33. The summed E-state index contributed by atoms with van der Waals surface area (Å²) in [6.07, 6.45) is 0. The van der Waals surface area contributed by atoms with Gasteiger partial charge in [0.25, 0.3) is 0 Å². The Labute approximate surface area is 86.6 Å². The molecule has 0 aliphatic rings. The van der Waals surface area contributed by atoms with E-state index in [1.807, 2.05) is 0 Å². The molecular formula is C8H9Cl2N3. The molecule has 3 nitrogen and oxygen atoms in total. The molecule has 0 saturated heterocycles. The van der Waals surface area contributed by atoms with Crippen molar-refractivity contribution < 1.29 is 0 Å². The number of anilines is 1. The Kier molecular flexibility index (Phi) is 3.39. The van der Waals surface area contributed by atoms with Gasteiger partial charge < -0.3 is 11.1 Å². The van der Waals surface area contributed by atoms with E-state index in [0.29, 0.717) is 16.0 Å². The fourth-order valence-corrected chi connectivity index (χ4v) is 1.36. The number of benzene rings is 1. The number of guanidine groups is 1. The summed E-state index contributed by atoms with van der Waals surface area (Å²) in [5, 5.41) is 3.94. The van der Waals surface area contributed by atoms with Crippen molar-refractivity contribution in [3.63, 3.8) is 0 Å². The molecule has 1 aromatic rings. The minimum atomic E-state index is 0.318. The minimum Gasteiger partial charge on any atom is -0.370 e. The van der Waals surface area contributed by atoms with Crippen LogP contribution in [0.1, 0.15) is 0 Å². The fraction of sp³-hybridized carbons (Fsp3) is 0.125. The molecule has 0 heterocycles. The lowest BCUT2D eigenvalue weighted by atomic mass is 10.3. The fourth-order valence-electron chi connectivity index (χ4n) is 0.830. The maximum Gasteiger partial charge on any atom is 0.192 e. The first-order chi connectivity index (χ1) is 6.11. The molecule has 13 heavy (non-hydrogen) atoms. The zero-order chi connectivity index (χ0) is 9.84. The molecule has 0 atom stereocenters. The van der Waals surface area contributed by atoms with E-state index in [1.165, 1.54) is 0 Å².